The summed E-state index contributed by atoms with van der Waals surface area (Å²) < 4.78 is 5.98. The molecule has 0 N–H and O–H groups in total. The molecule has 0 spiro atoms. The highest BCUT2D eigenvalue weighted by atomic mass is 16.5. The van der Waals surface area contributed by atoms with Crippen LogP contribution in [0.25, 0.3) is 0 Å². The van der Waals surface area contributed by atoms with E-state index in [9.17, 15) is 19.2 Å². The quantitative estimate of drug-likeness (QED) is 0.430. The maximum Gasteiger partial charge on any atom is 0.235 e. The second kappa shape index (κ2) is 3.90. The van der Waals surface area contributed by atoms with Gasteiger partial charge in [-0.3, -0.25) is 29.0 Å². The van der Waals surface area contributed by atoms with Crippen molar-refractivity contribution in [1.29, 1.82) is 0 Å². The number of rotatable bonds is 0. The average Bonchev–Trinajstić information content (AvgIpc) is 3.23. The van der Waals surface area contributed by atoms with Crippen molar-refractivity contribution in [3.8, 4) is 0 Å². The van der Waals surface area contributed by atoms with Crippen LogP contribution in [0.2, 0.25) is 0 Å². The number of carbonyl (C=O) groups excluding carboxylic acids is 4. The number of amides is 4. The Morgan fingerprint density at radius 1 is 0.870 bits per heavy atom. The standard InChI is InChI=1S/C16H16N2O5/c1-17-13(19)6-4-3-5-7(8(6)14(17)20)12-10-9(11(5)23-12)15(21)18(2)16(10)22/h3,6-12H,4H2,1-2H3/t6-,7-,8-,9+,10-,11-,12+/m1/s1. The van der Waals surface area contributed by atoms with Gasteiger partial charge in [-0.15, -0.1) is 0 Å². The lowest BCUT2D eigenvalue weighted by Gasteiger charge is -2.35. The van der Waals surface area contributed by atoms with Gasteiger partial charge < -0.3 is 4.74 Å². The van der Waals surface area contributed by atoms with Gasteiger partial charge in [-0.05, 0) is 12.0 Å². The van der Waals surface area contributed by atoms with Crippen LogP contribution in [0.1, 0.15) is 6.42 Å². The van der Waals surface area contributed by atoms with Crippen molar-refractivity contribution < 1.29 is 23.9 Å². The summed E-state index contributed by atoms with van der Waals surface area (Å²) in [6, 6.07) is 0. The minimum atomic E-state index is -0.507. The van der Waals surface area contributed by atoms with Crippen LogP contribution in [0.4, 0.5) is 0 Å². The van der Waals surface area contributed by atoms with Gasteiger partial charge in [-0.2, -0.15) is 0 Å². The zero-order valence-corrected chi connectivity index (χ0v) is 12.8. The Hall–Kier alpha value is -2.02. The molecule has 0 aromatic carbocycles. The molecule has 4 saturated heterocycles. The van der Waals surface area contributed by atoms with E-state index in [4.69, 9.17) is 4.74 Å². The van der Waals surface area contributed by atoms with Gasteiger partial charge in [0.2, 0.25) is 23.6 Å². The van der Waals surface area contributed by atoms with Crippen LogP contribution in [0, 0.1) is 29.6 Å². The maximum atomic E-state index is 12.5. The van der Waals surface area contributed by atoms with Gasteiger partial charge in [0, 0.05) is 20.0 Å². The summed E-state index contributed by atoms with van der Waals surface area (Å²) in [4.78, 5) is 51.9. The number of imide groups is 2. The Morgan fingerprint density at radius 2 is 1.48 bits per heavy atom. The summed E-state index contributed by atoms with van der Waals surface area (Å²) in [6.45, 7) is 0. The largest absolute Gasteiger partial charge is 0.368 e. The first-order valence-electron chi connectivity index (χ1n) is 7.91. The van der Waals surface area contributed by atoms with Crippen molar-refractivity contribution in [2.45, 2.75) is 18.6 Å². The molecular weight excluding hydrogens is 300 g/mol. The molecule has 5 aliphatic rings. The van der Waals surface area contributed by atoms with E-state index in [1.165, 1.54) is 23.9 Å². The van der Waals surface area contributed by atoms with E-state index in [0.717, 1.165) is 5.57 Å². The number of fused-ring (bicyclic) bond motifs is 10. The first kappa shape index (κ1) is 13.4. The number of allylic oxidation sites excluding steroid dienone is 1. The van der Waals surface area contributed by atoms with E-state index in [1.54, 1.807) is 0 Å². The second-order valence-corrected chi connectivity index (χ2v) is 7.14. The Labute approximate surface area is 132 Å². The molecular formula is C16H16N2O5. The maximum absolute atomic E-state index is 12.5. The highest BCUT2D eigenvalue weighted by molar-refractivity contribution is 6.08. The minimum Gasteiger partial charge on any atom is -0.368 e. The van der Waals surface area contributed by atoms with Crippen molar-refractivity contribution >= 4 is 23.6 Å². The van der Waals surface area contributed by atoms with Gasteiger partial charge in [0.1, 0.15) is 0 Å². The number of likely N-dealkylation sites (tertiary alicyclic amines) is 2. The van der Waals surface area contributed by atoms with E-state index >= 15 is 0 Å². The molecule has 0 aromatic heterocycles. The van der Waals surface area contributed by atoms with Crippen LogP contribution >= 0.6 is 0 Å². The fourth-order valence-corrected chi connectivity index (χ4v) is 5.32. The topological polar surface area (TPSA) is 84.0 Å². The molecule has 4 aliphatic heterocycles. The fourth-order valence-electron chi connectivity index (χ4n) is 5.32. The number of hydrogen-bond donors (Lipinski definition) is 0. The van der Waals surface area contributed by atoms with Crippen LogP contribution in [0.5, 0.6) is 0 Å². The summed E-state index contributed by atoms with van der Waals surface area (Å²) in [5.41, 5.74) is 0.949. The number of nitrogens with zero attached hydrogens (tertiary/aromatic N) is 2. The predicted molar refractivity (Wildman–Crippen MR) is 74.4 cm³/mol. The number of ether oxygens (including phenoxy) is 1. The van der Waals surface area contributed by atoms with Gasteiger partial charge in [0.15, 0.2) is 0 Å². The zero-order valence-electron chi connectivity index (χ0n) is 12.8. The molecule has 4 amide bonds. The van der Waals surface area contributed by atoms with E-state index in [2.05, 4.69) is 0 Å². The second-order valence-electron chi connectivity index (χ2n) is 7.14. The Balaban J connectivity index is 1.60. The molecule has 4 fully saturated rings. The molecule has 0 unspecified atom stereocenters. The molecule has 1 aliphatic carbocycles. The number of carbonyl (C=O) groups is 4. The summed E-state index contributed by atoms with van der Waals surface area (Å²) in [5, 5.41) is 0. The van der Waals surface area contributed by atoms with Gasteiger partial charge in [0.25, 0.3) is 0 Å². The normalized spacial score (nSPS) is 47.2. The summed E-state index contributed by atoms with van der Waals surface area (Å²) in [6.07, 6.45) is 1.60. The van der Waals surface area contributed by atoms with E-state index in [0.29, 0.717) is 6.42 Å². The van der Waals surface area contributed by atoms with Crippen LogP contribution in [0.3, 0.4) is 0 Å². The molecule has 23 heavy (non-hydrogen) atoms. The Bertz CT molecular complexity index is 728. The third-order valence-corrected chi connectivity index (χ3v) is 6.36. The Kier molecular flexibility index (Phi) is 2.27. The molecule has 7 heteroatoms. The smallest absolute Gasteiger partial charge is 0.235 e. The Morgan fingerprint density at radius 3 is 2.22 bits per heavy atom. The molecule has 0 radical (unpaired) electrons. The van der Waals surface area contributed by atoms with Gasteiger partial charge >= 0.3 is 0 Å². The highest BCUT2D eigenvalue weighted by Crippen LogP contribution is 2.59. The van der Waals surface area contributed by atoms with E-state index in [-0.39, 0.29) is 35.5 Å². The highest BCUT2D eigenvalue weighted by Gasteiger charge is 2.70. The fraction of sp³-hybridized carbons (Fsp3) is 0.625. The van der Waals surface area contributed by atoms with Crippen LogP contribution in [-0.2, 0) is 23.9 Å². The monoisotopic (exact) mass is 316 g/mol. The third-order valence-electron chi connectivity index (χ3n) is 6.36. The predicted octanol–water partition coefficient (Wildman–Crippen LogP) is -0.824. The van der Waals surface area contributed by atoms with E-state index in [1.807, 2.05) is 6.08 Å². The SMILES string of the molecule is CN1C(=O)[C@H]2[C@H]3O[C@H](C4=CC[C@H]5C(=O)N(C)C(=O)[C@H]5[C@@H]43)[C@H]2C1=O. The molecule has 0 aromatic rings. The molecule has 2 bridgehead atoms. The van der Waals surface area contributed by atoms with Crippen molar-refractivity contribution in [1.82, 2.24) is 9.80 Å². The molecule has 7 nitrogen and oxygen atoms in total. The lowest BCUT2D eigenvalue weighted by atomic mass is 9.62. The molecule has 120 valence electrons. The third kappa shape index (κ3) is 1.28. The lowest BCUT2D eigenvalue weighted by molar-refractivity contribution is -0.142. The molecule has 0 saturated carbocycles. The first-order chi connectivity index (χ1) is 10.9. The van der Waals surface area contributed by atoms with Crippen molar-refractivity contribution in [3.63, 3.8) is 0 Å². The average molecular weight is 316 g/mol. The van der Waals surface area contributed by atoms with Gasteiger partial charge in [0.05, 0.1) is 35.9 Å². The summed E-state index contributed by atoms with van der Waals surface area (Å²) in [7, 11) is 3.01. The minimum absolute atomic E-state index is 0.152. The number of hydrogen-bond acceptors (Lipinski definition) is 5. The first-order valence-corrected chi connectivity index (χ1v) is 7.91. The van der Waals surface area contributed by atoms with Crippen molar-refractivity contribution in [2.24, 2.45) is 29.6 Å². The lowest BCUT2D eigenvalue weighted by Crippen LogP contribution is -2.44. The zero-order chi connectivity index (χ0) is 16.2. The van der Waals surface area contributed by atoms with Crippen LogP contribution < -0.4 is 0 Å². The van der Waals surface area contributed by atoms with Gasteiger partial charge in [-0.1, -0.05) is 6.08 Å². The van der Waals surface area contributed by atoms with Crippen molar-refractivity contribution in [3.05, 3.63) is 11.6 Å². The van der Waals surface area contributed by atoms with Crippen molar-refractivity contribution in [2.75, 3.05) is 14.1 Å². The van der Waals surface area contributed by atoms with E-state index < -0.39 is 30.0 Å². The van der Waals surface area contributed by atoms with Crippen LogP contribution in [-0.4, -0.2) is 59.7 Å². The summed E-state index contributed by atoms with van der Waals surface area (Å²) in [5.74, 6) is -2.77. The molecule has 7 atom stereocenters. The molecule has 5 rings (SSSR count). The summed E-state index contributed by atoms with van der Waals surface area (Å²) >= 11 is 0. The van der Waals surface area contributed by atoms with Gasteiger partial charge in [-0.25, -0.2) is 0 Å². The molecule has 4 heterocycles. The van der Waals surface area contributed by atoms with Crippen LogP contribution in [0.15, 0.2) is 11.6 Å².